The number of carbonyl (C=O) groups excluding carboxylic acids is 1. The lowest BCUT2D eigenvalue weighted by Gasteiger charge is -2.36. The number of carboxylic acid groups (broad SMARTS) is 1. The van der Waals surface area contributed by atoms with E-state index < -0.39 is 11.9 Å². The summed E-state index contributed by atoms with van der Waals surface area (Å²) in [5.41, 5.74) is 0. The average Bonchev–Trinajstić information content (AvgIpc) is 2.28. The zero-order valence-electron chi connectivity index (χ0n) is 10.5. The monoisotopic (exact) mass is 244 g/mol. The van der Waals surface area contributed by atoms with Crippen LogP contribution in [0.15, 0.2) is 0 Å². The van der Waals surface area contributed by atoms with Gasteiger partial charge in [-0.3, -0.25) is 4.79 Å². The summed E-state index contributed by atoms with van der Waals surface area (Å²) < 4.78 is 5.25. The predicted molar refractivity (Wildman–Crippen MR) is 61.8 cm³/mol. The minimum Gasteiger partial charge on any atom is -0.481 e. The van der Waals surface area contributed by atoms with Gasteiger partial charge < -0.3 is 19.6 Å². The number of carbonyl (C=O) groups is 2. The van der Waals surface area contributed by atoms with Crippen molar-refractivity contribution in [2.45, 2.75) is 19.9 Å². The summed E-state index contributed by atoms with van der Waals surface area (Å²) in [6.45, 7) is 5.37. The second-order valence-electron chi connectivity index (χ2n) is 4.52. The summed E-state index contributed by atoms with van der Waals surface area (Å²) in [7, 11) is 1.63. The van der Waals surface area contributed by atoms with Crippen LogP contribution in [0.3, 0.4) is 0 Å². The van der Waals surface area contributed by atoms with Crippen molar-refractivity contribution < 1.29 is 19.4 Å². The number of amides is 2. The third kappa shape index (κ3) is 3.59. The van der Waals surface area contributed by atoms with Crippen LogP contribution in [0.1, 0.15) is 13.8 Å². The second-order valence-corrected chi connectivity index (χ2v) is 4.52. The maximum absolute atomic E-state index is 12.1. The van der Waals surface area contributed by atoms with Crippen LogP contribution in [-0.4, -0.2) is 66.3 Å². The van der Waals surface area contributed by atoms with E-state index in [1.807, 2.05) is 6.92 Å². The van der Waals surface area contributed by atoms with Crippen LogP contribution < -0.4 is 0 Å². The standard InChI is InChI=1S/C11H20N2O4/c1-8(10(14)15)6-12(3)11(16)13-4-5-17-7-9(13)2/h8-9H,4-7H2,1-3H3,(H,14,15). The summed E-state index contributed by atoms with van der Waals surface area (Å²) in [5, 5.41) is 8.80. The highest BCUT2D eigenvalue weighted by Gasteiger charge is 2.27. The van der Waals surface area contributed by atoms with Gasteiger partial charge in [-0.15, -0.1) is 0 Å². The average molecular weight is 244 g/mol. The van der Waals surface area contributed by atoms with Crippen LogP contribution in [0.4, 0.5) is 4.79 Å². The van der Waals surface area contributed by atoms with Crippen molar-refractivity contribution >= 4 is 12.0 Å². The van der Waals surface area contributed by atoms with Crippen molar-refractivity contribution in [1.29, 1.82) is 0 Å². The predicted octanol–water partition coefficient (Wildman–Crippen LogP) is 0.480. The van der Waals surface area contributed by atoms with E-state index in [1.165, 1.54) is 4.90 Å². The van der Waals surface area contributed by atoms with Crippen LogP contribution >= 0.6 is 0 Å². The minimum atomic E-state index is -0.889. The molecule has 0 aliphatic carbocycles. The highest BCUT2D eigenvalue weighted by Crippen LogP contribution is 2.10. The molecule has 0 saturated carbocycles. The number of hydrogen-bond acceptors (Lipinski definition) is 3. The summed E-state index contributed by atoms with van der Waals surface area (Å²) in [6.07, 6.45) is 0. The van der Waals surface area contributed by atoms with Gasteiger partial charge in [0.05, 0.1) is 25.2 Å². The number of aliphatic carboxylic acids is 1. The minimum absolute atomic E-state index is 0.0406. The maximum Gasteiger partial charge on any atom is 0.320 e. The van der Waals surface area contributed by atoms with Gasteiger partial charge in [-0.1, -0.05) is 6.92 Å². The molecule has 0 spiro atoms. The van der Waals surface area contributed by atoms with Crippen molar-refractivity contribution in [3.05, 3.63) is 0 Å². The largest absolute Gasteiger partial charge is 0.481 e. The van der Waals surface area contributed by atoms with Gasteiger partial charge in [-0.25, -0.2) is 4.79 Å². The van der Waals surface area contributed by atoms with Crippen LogP contribution in [0.2, 0.25) is 0 Å². The van der Waals surface area contributed by atoms with E-state index in [2.05, 4.69) is 0 Å². The zero-order valence-corrected chi connectivity index (χ0v) is 10.5. The topological polar surface area (TPSA) is 70.1 Å². The van der Waals surface area contributed by atoms with E-state index in [1.54, 1.807) is 18.9 Å². The number of rotatable bonds is 3. The van der Waals surface area contributed by atoms with E-state index in [4.69, 9.17) is 9.84 Å². The molecule has 1 fully saturated rings. The molecule has 1 aliphatic heterocycles. The van der Waals surface area contributed by atoms with Gasteiger partial charge in [-0.05, 0) is 6.92 Å². The SMILES string of the molecule is CC(CN(C)C(=O)N1CCOCC1C)C(=O)O. The molecule has 0 radical (unpaired) electrons. The first-order valence-corrected chi connectivity index (χ1v) is 5.75. The molecule has 1 aliphatic rings. The van der Waals surface area contributed by atoms with E-state index in [0.29, 0.717) is 19.8 Å². The molecule has 17 heavy (non-hydrogen) atoms. The fourth-order valence-electron chi connectivity index (χ4n) is 1.80. The Morgan fingerprint density at radius 3 is 2.76 bits per heavy atom. The summed E-state index contributed by atoms with van der Waals surface area (Å²) in [4.78, 5) is 26.0. The van der Waals surface area contributed by atoms with Crippen LogP contribution in [0.25, 0.3) is 0 Å². The quantitative estimate of drug-likeness (QED) is 0.784. The molecule has 0 aromatic rings. The summed E-state index contributed by atoms with van der Waals surface area (Å²) in [5.74, 6) is -1.44. The van der Waals surface area contributed by atoms with E-state index in [9.17, 15) is 9.59 Å². The maximum atomic E-state index is 12.1. The van der Waals surface area contributed by atoms with Crippen molar-refractivity contribution in [3.63, 3.8) is 0 Å². The summed E-state index contributed by atoms with van der Waals surface area (Å²) in [6, 6.07) is -0.0901. The first kappa shape index (κ1) is 13.8. The fourth-order valence-corrected chi connectivity index (χ4v) is 1.80. The van der Waals surface area contributed by atoms with E-state index >= 15 is 0 Å². The molecule has 1 N–H and O–H groups in total. The summed E-state index contributed by atoms with van der Waals surface area (Å²) >= 11 is 0. The number of carboxylic acids is 1. The van der Waals surface area contributed by atoms with Gasteiger partial charge in [0.15, 0.2) is 0 Å². The van der Waals surface area contributed by atoms with Gasteiger partial charge in [0.25, 0.3) is 0 Å². The van der Waals surface area contributed by atoms with Crippen LogP contribution in [-0.2, 0) is 9.53 Å². The molecular formula is C11H20N2O4. The Morgan fingerprint density at radius 2 is 2.24 bits per heavy atom. The molecule has 1 saturated heterocycles. The molecule has 2 amide bonds. The number of nitrogens with zero attached hydrogens (tertiary/aromatic N) is 2. The Balaban J connectivity index is 2.53. The Hall–Kier alpha value is -1.30. The zero-order chi connectivity index (χ0) is 13.0. The number of ether oxygens (including phenoxy) is 1. The molecule has 6 nitrogen and oxygen atoms in total. The van der Waals surface area contributed by atoms with Crippen molar-refractivity contribution in [3.8, 4) is 0 Å². The Kier molecular flexibility index (Phi) is 4.74. The molecule has 1 heterocycles. The van der Waals surface area contributed by atoms with Crippen molar-refractivity contribution in [2.24, 2.45) is 5.92 Å². The number of morpholine rings is 1. The molecule has 0 aromatic heterocycles. The van der Waals surface area contributed by atoms with Gasteiger partial charge in [0.1, 0.15) is 0 Å². The molecule has 0 aromatic carbocycles. The third-order valence-electron chi connectivity index (χ3n) is 2.91. The molecule has 6 heteroatoms. The van der Waals surface area contributed by atoms with E-state index in [-0.39, 0.29) is 18.6 Å². The van der Waals surface area contributed by atoms with Gasteiger partial charge in [0.2, 0.25) is 0 Å². The molecule has 0 bridgehead atoms. The van der Waals surface area contributed by atoms with Crippen molar-refractivity contribution in [1.82, 2.24) is 9.80 Å². The van der Waals surface area contributed by atoms with Crippen LogP contribution in [0, 0.1) is 5.92 Å². The lowest BCUT2D eigenvalue weighted by molar-refractivity contribution is -0.141. The van der Waals surface area contributed by atoms with Gasteiger partial charge >= 0.3 is 12.0 Å². The lowest BCUT2D eigenvalue weighted by atomic mass is 10.2. The first-order chi connectivity index (χ1) is 7.93. The molecule has 2 unspecified atom stereocenters. The Labute approximate surface area is 101 Å². The molecule has 98 valence electrons. The first-order valence-electron chi connectivity index (χ1n) is 5.75. The Morgan fingerprint density at radius 1 is 1.59 bits per heavy atom. The number of hydrogen-bond donors (Lipinski definition) is 1. The fraction of sp³-hybridized carbons (Fsp3) is 0.818. The number of urea groups is 1. The van der Waals surface area contributed by atoms with E-state index in [0.717, 1.165) is 0 Å². The van der Waals surface area contributed by atoms with Gasteiger partial charge in [-0.2, -0.15) is 0 Å². The lowest BCUT2D eigenvalue weighted by Crippen LogP contribution is -2.52. The smallest absolute Gasteiger partial charge is 0.320 e. The highest BCUT2D eigenvalue weighted by atomic mass is 16.5. The van der Waals surface area contributed by atoms with Gasteiger partial charge in [0, 0.05) is 20.1 Å². The van der Waals surface area contributed by atoms with Crippen molar-refractivity contribution in [2.75, 3.05) is 33.4 Å². The second kappa shape index (κ2) is 5.86. The molecule has 1 rings (SSSR count). The molecular weight excluding hydrogens is 224 g/mol. The normalized spacial score (nSPS) is 22.1. The Bertz CT molecular complexity index is 295. The van der Waals surface area contributed by atoms with Crippen LogP contribution in [0.5, 0.6) is 0 Å². The molecule has 2 atom stereocenters. The third-order valence-corrected chi connectivity index (χ3v) is 2.91. The highest BCUT2D eigenvalue weighted by molar-refractivity contribution is 5.76.